The number of hydrogen-bond acceptors (Lipinski definition) is 2. The standard InChI is InChI=1S/C10H14Cl6O2/c11-9(12,13)6-17-8(4-2-1-3-5-8)18-7-10(14,15)16/h1-7H2. The van der Waals surface area contributed by atoms with Crippen LogP contribution in [0.1, 0.15) is 32.1 Å². The first-order valence-electron chi connectivity index (χ1n) is 5.53. The van der Waals surface area contributed by atoms with Gasteiger partial charge in [0.15, 0.2) is 5.79 Å². The Hall–Kier alpha value is 1.66. The number of ether oxygens (including phenoxy) is 2. The maximum Gasteiger partial charge on any atom is 0.213 e. The average molecular weight is 379 g/mol. The van der Waals surface area contributed by atoms with Crippen LogP contribution in [0.4, 0.5) is 0 Å². The molecule has 0 amide bonds. The van der Waals surface area contributed by atoms with Crippen LogP contribution in [-0.2, 0) is 9.47 Å². The molecular formula is C10H14Cl6O2. The van der Waals surface area contributed by atoms with E-state index >= 15 is 0 Å². The molecule has 0 aliphatic heterocycles. The molecule has 1 aliphatic rings. The Labute approximate surface area is 137 Å². The van der Waals surface area contributed by atoms with Crippen LogP contribution in [0.2, 0.25) is 0 Å². The van der Waals surface area contributed by atoms with Crippen molar-refractivity contribution in [1.29, 1.82) is 0 Å². The van der Waals surface area contributed by atoms with Crippen LogP contribution >= 0.6 is 69.6 Å². The molecule has 0 spiro atoms. The number of hydrogen-bond donors (Lipinski definition) is 0. The van der Waals surface area contributed by atoms with E-state index in [4.69, 9.17) is 79.1 Å². The lowest BCUT2D eigenvalue weighted by Gasteiger charge is -2.38. The summed E-state index contributed by atoms with van der Waals surface area (Å²) in [6.45, 7) is -0.116. The molecule has 0 saturated heterocycles. The van der Waals surface area contributed by atoms with Gasteiger partial charge < -0.3 is 9.47 Å². The Morgan fingerprint density at radius 3 is 1.44 bits per heavy atom. The average Bonchev–Trinajstić information content (AvgIpc) is 2.24. The van der Waals surface area contributed by atoms with Gasteiger partial charge in [-0.3, -0.25) is 0 Å². The highest BCUT2D eigenvalue weighted by molar-refractivity contribution is 6.68. The lowest BCUT2D eigenvalue weighted by Crippen LogP contribution is -2.42. The maximum absolute atomic E-state index is 5.68. The van der Waals surface area contributed by atoms with E-state index < -0.39 is 13.4 Å². The fourth-order valence-corrected chi connectivity index (χ4v) is 2.17. The molecule has 0 radical (unpaired) electrons. The summed E-state index contributed by atoms with van der Waals surface area (Å²) in [5.74, 6) is -0.813. The van der Waals surface area contributed by atoms with Crippen LogP contribution in [0, 0.1) is 0 Å². The molecule has 0 atom stereocenters. The zero-order valence-corrected chi connectivity index (χ0v) is 14.1. The molecule has 1 aliphatic carbocycles. The lowest BCUT2D eigenvalue weighted by molar-refractivity contribution is -0.251. The highest BCUT2D eigenvalue weighted by Crippen LogP contribution is 2.38. The number of alkyl halides is 6. The van der Waals surface area contributed by atoms with E-state index in [0.717, 1.165) is 19.3 Å². The zero-order valence-electron chi connectivity index (χ0n) is 9.53. The molecule has 0 bridgehead atoms. The molecule has 8 heteroatoms. The van der Waals surface area contributed by atoms with Crippen molar-refractivity contribution in [2.75, 3.05) is 13.2 Å². The van der Waals surface area contributed by atoms with Gasteiger partial charge in [0.25, 0.3) is 0 Å². The molecule has 1 rings (SSSR count). The van der Waals surface area contributed by atoms with Crippen LogP contribution in [0.3, 0.4) is 0 Å². The molecule has 0 N–H and O–H groups in total. The Kier molecular flexibility index (Phi) is 6.97. The van der Waals surface area contributed by atoms with Gasteiger partial charge in [0, 0.05) is 12.8 Å². The van der Waals surface area contributed by atoms with E-state index in [1.807, 2.05) is 0 Å². The minimum Gasteiger partial charge on any atom is -0.345 e. The Balaban J connectivity index is 2.57. The summed E-state index contributed by atoms with van der Waals surface area (Å²) in [4.78, 5) is 0. The van der Waals surface area contributed by atoms with Crippen molar-refractivity contribution in [3.05, 3.63) is 0 Å². The Morgan fingerprint density at radius 2 is 1.11 bits per heavy atom. The maximum atomic E-state index is 5.68. The third kappa shape index (κ3) is 7.44. The van der Waals surface area contributed by atoms with Gasteiger partial charge in [-0.2, -0.15) is 0 Å². The summed E-state index contributed by atoms with van der Waals surface area (Å²) in [6.07, 6.45) is 4.47. The smallest absolute Gasteiger partial charge is 0.213 e. The first kappa shape index (κ1) is 17.7. The molecule has 108 valence electrons. The minimum absolute atomic E-state index is 0.0580. The summed E-state index contributed by atoms with van der Waals surface area (Å²) >= 11 is 34.1. The first-order chi connectivity index (χ1) is 8.12. The van der Waals surface area contributed by atoms with E-state index in [9.17, 15) is 0 Å². The van der Waals surface area contributed by atoms with Crippen molar-refractivity contribution in [2.45, 2.75) is 45.5 Å². The monoisotopic (exact) mass is 376 g/mol. The van der Waals surface area contributed by atoms with Crippen molar-refractivity contribution in [1.82, 2.24) is 0 Å². The van der Waals surface area contributed by atoms with Gasteiger partial charge in [-0.1, -0.05) is 76.0 Å². The molecule has 18 heavy (non-hydrogen) atoms. The van der Waals surface area contributed by atoms with E-state index in [1.54, 1.807) is 0 Å². The van der Waals surface area contributed by atoms with Crippen molar-refractivity contribution in [3.63, 3.8) is 0 Å². The fourth-order valence-electron chi connectivity index (χ4n) is 1.85. The second kappa shape index (κ2) is 7.09. The Bertz CT molecular complexity index is 234. The van der Waals surface area contributed by atoms with Gasteiger partial charge in [0.2, 0.25) is 7.59 Å². The summed E-state index contributed by atoms with van der Waals surface area (Å²) in [5, 5.41) is 0. The first-order valence-corrected chi connectivity index (χ1v) is 7.80. The normalized spacial score (nSPS) is 21.0. The molecule has 0 aromatic heterocycles. The zero-order chi connectivity index (χ0) is 13.9. The largest absolute Gasteiger partial charge is 0.345 e. The molecule has 0 unspecified atom stereocenters. The van der Waals surface area contributed by atoms with Gasteiger partial charge in [-0.25, -0.2) is 0 Å². The van der Waals surface area contributed by atoms with Crippen molar-refractivity contribution >= 4 is 69.6 Å². The molecule has 1 fully saturated rings. The van der Waals surface area contributed by atoms with Gasteiger partial charge in [0.05, 0.1) is 13.2 Å². The highest BCUT2D eigenvalue weighted by Gasteiger charge is 2.38. The summed E-state index contributed by atoms with van der Waals surface area (Å²) in [6, 6.07) is 0. The van der Waals surface area contributed by atoms with Crippen LogP contribution in [0.5, 0.6) is 0 Å². The molecule has 1 saturated carbocycles. The molecular weight excluding hydrogens is 365 g/mol. The second-order valence-electron chi connectivity index (χ2n) is 4.28. The van der Waals surface area contributed by atoms with Crippen LogP contribution in [-0.4, -0.2) is 26.6 Å². The van der Waals surface area contributed by atoms with Gasteiger partial charge in [-0.05, 0) is 12.8 Å². The minimum atomic E-state index is -1.48. The molecule has 0 aromatic rings. The highest BCUT2D eigenvalue weighted by atomic mass is 35.6. The SMILES string of the molecule is ClC(Cl)(Cl)COC1(OCC(Cl)(Cl)Cl)CCCCC1. The quantitative estimate of drug-likeness (QED) is 0.480. The van der Waals surface area contributed by atoms with E-state index in [-0.39, 0.29) is 13.2 Å². The van der Waals surface area contributed by atoms with Gasteiger partial charge >= 0.3 is 0 Å². The summed E-state index contributed by atoms with van der Waals surface area (Å²) in [5.41, 5.74) is 0. The lowest BCUT2D eigenvalue weighted by atomic mass is 9.94. The van der Waals surface area contributed by atoms with Crippen molar-refractivity contribution in [3.8, 4) is 0 Å². The van der Waals surface area contributed by atoms with Crippen LogP contribution < -0.4 is 0 Å². The number of rotatable bonds is 4. The third-order valence-electron chi connectivity index (χ3n) is 2.61. The van der Waals surface area contributed by atoms with E-state index in [1.165, 1.54) is 0 Å². The molecule has 0 heterocycles. The van der Waals surface area contributed by atoms with Gasteiger partial charge in [0.1, 0.15) is 0 Å². The van der Waals surface area contributed by atoms with E-state index in [0.29, 0.717) is 12.8 Å². The number of halogens is 6. The molecule has 2 nitrogen and oxygen atoms in total. The summed E-state index contributed by atoms with van der Waals surface area (Å²) in [7, 11) is 0. The predicted octanol–water partition coefficient (Wildman–Crippen LogP) is 5.42. The van der Waals surface area contributed by atoms with E-state index in [2.05, 4.69) is 0 Å². The van der Waals surface area contributed by atoms with Crippen LogP contribution in [0.15, 0.2) is 0 Å². The topological polar surface area (TPSA) is 18.5 Å². The van der Waals surface area contributed by atoms with Crippen molar-refractivity contribution in [2.24, 2.45) is 0 Å². The summed E-state index contributed by atoms with van der Waals surface area (Å²) < 4.78 is 8.32. The van der Waals surface area contributed by atoms with Crippen LogP contribution in [0.25, 0.3) is 0 Å². The third-order valence-corrected chi connectivity index (χ3v) is 3.27. The molecule has 0 aromatic carbocycles. The second-order valence-corrected chi connectivity index (χ2v) is 9.31. The van der Waals surface area contributed by atoms with Gasteiger partial charge in [-0.15, -0.1) is 0 Å². The Morgan fingerprint density at radius 1 is 0.722 bits per heavy atom. The fraction of sp³-hybridized carbons (Fsp3) is 1.00. The van der Waals surface area contributed by atoms with Crippen molar-refractivity contribution < 1.29 is 9.47 Å². The predicted molar refractivity (Wildman–Crippen MR) is 78.3 cm³/mol.